The lowest BCUT2D eigenvalue weighted by Crippen LogP contribution is -2.59. The molecule has 2 aliphatic rings. The lowest BCUT2D eigenvalue weighted by Gasteiger charge is -2.50. The number of nitrogens with zero attached hydrogens (tertiary/aromatic N) is 2. The Morgan fingerprint density at radius 1 is 1.26 bits per heavy atom. The van der Waals surface area contributed by atoms with Gasteiger partial charge in [0, 0.05) is 37.8 Å². The van der Waals surface area contributed by atoms with Gasteiger partial charge in [-0.1, -0.05) is 18.2 Å². The molecule has 3 atom stereocenters. The maximum Gasteiger partial charge on any atom is 0.246 e. The second-order valence-corrected chi connectivity index (χ2v) is 10.4. The van der Waals surface area contributed by atoms with E-state index in [4.69, 9.17) is 4.42 Å². The summed E-state index contributed by atoms with van der Waals surface area (Å²) in [5, 5.41) is 11.3. The van der Waals surface area contributed by atoms with Crippen molar-refractivity contribution in [2.24, 2.45) is 5.92 Å². The molecule has 1 aliphatic heterocycles. The topological polar surface area (TPSA) is 91.1 Å². The number of carbonyl (C=O) groups excluding carboxylic acids is 1. The number of aliphatic hydroxyl groups is 1. The number of benzene rings is 1. The molecule has 1 saturated heterocycles. The molecule has 1 aromatic carbocycles. The van der Waals surface area contributed by atoms with Crippen molar-refractivity contribution in [2.75, 3.05) is 20.1 Å². The van der Waals surface area contributed by atoms with Crippen LogP contribution in [0.4, 0.5) is 0 Å². The maximum atomic E-state index is 13.0. The average molecular weight is 445 g/mol. The van der Waals surface area contributed by atoms with Crippen LogP contribution < -0.4 is 0 Å². The number of β-amino-alcohol motifs (C(OH)–C–C–N with tert-alkyl or cyclic N) is 1. The van der Waals surface area contributed by atoms with Gasteiger partial charge in [-0.2, -0.15) is 4.31 Å². The summed E-state index contributed by atoms with van der Waals surface area (Å²) in [7, 11) is -1.85. The molecule has 1 aromatic heterocycles. The van der Waals surface area contributed by atoms with E-state index in [1.54, 1.807) is 66.9 Å². The van der Waals surface area contributed by atoms with Crippen molar-refractivity contribution < 1.29 is 22.7 Å². The van der Waals surface area contributed by atoms with Crippen LogP contribution in [0, 0.1) is 5.92 Å². The molecule has 1 amide bonds. The average Bonchev–Trinajstić information content (AvgIpc) is 3.30. The first-order valence-electron chi connectivity index (χ1n) is 10.5. The molecule has 0 spiro atoms. The molecule has 166 valence electrons. The zero-order valence-corrected chi connectivity index (χ0v) is 18.4. The minimum absolute atomic E-state index is 0.0176. The molecule has 2 heterocycles. The third-order valence-corrected chi connectivity index (χ3v) is 8.50. The maximum absolute atomic E-state index is 13.0. The van der Waals surface area contributed by atoms with Crippen LogP contribution in [-0.2, 0) is 14.8 Å². The Kier molecular flexibility index (Phi) is 6.05. The minimum Gasteiger partial charge on any atom is -0.472 e. The first kappa shape index (κ1) is 21.8. The van der Waals surface area contributed by atoms with Crippen molar-refractivity contribution in [3.63, 3.8) is 0 Å². The van der Waals surface area contributed by atoms with Crippen LogP contribution in [0.1, 0.15) is 31.2 Å². The number of rotatable bonds is 5. The number of hydrogen-bond acceptors (Lipinski definition) is 5. The van der Waals surface area contributed by atoms with Gasteiger partial charge in [0.2, 0.25) is 15.9 Å². The predicted molar refractivity (Wildman–Crippen MR) is 116 cm³/mol. The number of furan rings is 1. The van der Waals surface area contributed by atoms with Crippen LogP contribution in [0.3, 0.4) is 0 Å². The molecule has 0 bridgehead atoms. The Morgan fingerprint density at radius 2 is 2.03 bits per heavy atom. The van der Waals surface area contributed by atoms with Crippen LogP contribution in [0.25, 0.3) is 6.08 Å². The Hall–Kier alpha value is -2.42. The van der Waals surface area contributed by atoms with E-state index in [-0.39, 0.29) is 29.3 Å². The van der Waals surface area contributed by atoms with Gasteiger partial charge >= 0.3 is 0 Å². The molecule has 31 heavy (non-hydrogen) atoms. The highest BCUT2D eigenvalue weighted by Gasteiger charge is 2.49. The normalized spacial score (nSPS) is 27.2. The standard InChI is InChI=1S/C23H28N2O5S/c1-24(22(26)8-7-18-11-14-30-16-18)20-9-12-23(27)17-25(13-10-19(23)15-20)31(28,29)21-5-3-2-4-6-21/h2-8,11,14,16,19-20,27H,9-10,12-13,15,17H2,1H3/b8-7+/t19-,20-,23-/m1/s1. The summed E-state index contributed by atoms with van der Waals surface area (Å²) < 4.78 is 32.4. The molecular weight excluding hydrogens is 416 g/mol. The number of carbonyl (C=O) groups is 1. The fraction of sp³-hybridized carbons (Fsp3) is 0.435. The zero-order chi connectivity index (χ0) is 22.1. The lowest BCUT2D eigenvalue weighted by atomic mass is 9.70. The third kappa shape index (κ3) is 4.46. The molecule has 8 heteroatoms. The monoisotopic (exact) mass is 444 g/mol. The summed E-state index contributed by atoms with van der Waals surface area (Å²) in [6.45, 7) is 0.467. The summed E-state index contributed by atoms with van der Waals surface area (Å²) in [5.41, 5.74) is -0.237. The number of sulfonamides is 1. The van der Waals surface area contributed by atoms with Gasteiger partial charge in [-0.3, -0.25) is 4.79 Å². The Bertz CT molecular complexity index is 1040. The summed E-state index contributed by atoms with van der Waals surface area (Å²) in [6.07, 6.45) is 8.71. The van der Waals surface area contributed by atoms with Gasteiger partial charge in [0.15, 0.2) is 0 Å². The lowest BCUT2D eigenvalue weighted by molar-refractivity contribution is -0.133. The second-order valence-electron chi connectivity index (χ2n) is 8.51. The van der Waals surface area contributed by atoms with Gasteiger partial charge in [-0.05, 0) is 55.9 Å². The summed E-state index contributed by atoms with van der Waals surface area (Å²) in [5.74, 6) is -0.137. The second kappa shape index (κ2) is 8.61. The fourth-order valence-corrected chi connectivity index (χ4v) is 6.24. The molecule has 2 aromatic rings. The largest absolute Gasteiger partial charge is 0.472 e. The molecule has 1 aliphatic carbocycles. The van der Waals surface area contributed by atoms with Crippen molar-refractivity contribution in [2.45, 2.75) is 42.2 Å². The van der Waals surface area contributed by atoms with E-state index >= 15 is 0 Å². The van der Waals surface area contributed by atoms with E-state index < -0.39 is 15.6 Å². The molecule has 0 unspecified atom stereocenters. The van der Waals surface area contributed by atoms with E-state index in [2.05, 4.69) is 0 Å². The summed E-state index contributed by atoms with van der Waals surface area (Å²) in [4.78, 5) is 14.6. The molecule has 1 N–H and O–H groups in total. The van der Waals surface area contributed by atoms with Gasteiger partial charge in [-0.15, -0.1) is 0 Å². The smallest absolute Gasteiger partial charge is 0.246 e. The molecule has 4 rings (SSSR count). The molecule has 1 saturated carbocycles. The molecule has 2 fully saturated rings. The summed E-state index contributed by atoms with van der Waals surface area (Å²) in [6, 6.07) is 10.1. The zero-order valence-electron chi connectivity index (χ0n) is 17.6. The highest BCUT2D eigenvalue weighted by molar-refractivity contribution is 7.89. The predicted octanol–water partition coefficient (Wildman–Crippen LogP) is 2.75. The SMILES string of the molecule is CN(C(=O)/C=C/c1ccoc1)[C@@H]1CC[C@@]2(O)CN(S(=O)(=O)c3ccccc3)CC[C@@H]2C1. The fourth-order valence-electron chi connectivity index (χ4n) is 4.70. The van der Waals surface area contributed by atoms with E-state index in [1.165, 1.54) is 10.4 Å². The van der Waals surface area contributed by atoms with Crippen LogP contribution in [0.15, 0.2) is 64.3 Å². The van der Waals surface area contributed by atoms with Crippen LogP contribution in [0.2, 0.25) is 0 Å². The quantitative estimate of drug-likeness (QED) is 0.716. The van der Waals surface area contributed by atoms with Gasteiger partial charge in [0.1, 0.15) is 0 Å². The van der Waals surface area contributed by atoms with E-state index in [9.17, 15) is 18.3 Å². The van der Waals surface area contributed by atoms with Gasteiger partial charge in [-0.25, -0.2) is 8.42 Å². The number of fused-ring (bicyclic) bond motifs is 1. The number of hydrogen-bond donors (Lipinski definition) is 1. The molecule has 7 nitrogen and oxygen atoms in total. The number of likely N-dealkylation sites (N-methyl/N-ethyl adjacent to an activating group) is 1. The summed E-state index contributed by atoms with van der Waals surface area (Å²) >= 11 is 0. The van der Waals surface area contributed by atoms with E-state index in [0.29, 0.717) is 32.2 Å². The first-order valence-corrected chi connectivity index (χ1v) is 12.0. The van der Waals surface area contributed by atoms with Crippen molar-refractivity contribution in [3.05, 3.63) is 60.6 Å². The Balaban J connectivity index is 1.41. The number of amides is 1. The van der Waals surface area contributed by atoms with Crippen molar-refractivity contribution in [1.29, 1.82) is 0 Å². The van der Waals surface area contributed by atoms with Crippen molar-refractivity contribution in [1.82, 2.24) is 9.21 Å². The van der Waals surface area contributed by atoms with E-state index in [1.807, 2.05) is 0 Å². The Morgan fingerprint density at radius 3 is 2.74 bits per heavy atom. The Labute approximate surface area is 183 Å². The first-order chi connectivity index (χ1) is 14.8. The highest BCUT2D eigenvalue weighted by atomic mass is 32.2. The molecule has 0 radical (unpaired) electrons. The van der Waals surface area contributed by atoms with Gasteiger partial charge < -0.3 is 14.4 Å². The highest BCUT2D eigenvalue weighted by Crippen LogP contribution is 2.42. The van der Waals surface area contributed by atoms with E-state index in [0.717, 1.165) is 5.56 Å². The van der Waals surface area contributed by atoms with Crippen LogP contribution in [-0.4, -0.2) is 60.4 Å². The van der Waals surface area contributed by atoms with Crippen LogP contribution >= 0.6 is 0 Å². The van der Waals surface area contributed by atoms with Gasteiger partial charge in [0.25, 0.3) is 0 Å². The minimum atomic E-state index is -3.63. The third-order valence-electron chi connectivity index (χ3n) is 6.64. The number of piperidine rings is 1. The van der Waals surface area contributed by atoms with Crippen LogP contribution in [0.5, 0.6) is 0 Å². The molecular formula is C23H28N2O5S. The van der Waals surface area contributed by atoms with Crippen molar-refractivity contribution >= 4 is 22.0 Å². The van der Waals surface area contributed by atoms with Gasteiger partial charge in [0.05, 0.1) is 23.0 Å². The van der Waals surface area contributed by atoms with Crippen molar-refractivity contribution in [3.8, 4) is 0 Å².